The van der Waals surface area contributed by atoms with Crippen LogP contribution in [0.25, 0.3) is 0 Å². The molecule has 0 bridgehead atoms. The number of carbonyl (C=O) groups excluding carboxylic acids is 1. The van der Waals surface area contributed by atoms with E-state index < -0.39 is 15.9 Å². The van der Waals surface area contributed by atoms with E-state index in [1.165, 1.54) is 16.4 Å². The first-order valence-corrected chi connectivity index (χ1v) is 10.8. The Balaban J connectivity index is 1.57. The van der Waals surface area contributed by atoms with Crippen molar-refractivity contribution < 1.29 is 22.4 Å². The summed E-state index contributed by atoms with van der Waals surface area (Å²) in [6.45, 7) is 3.83. The molecule has 1 aromatic heterocycles. The molecule has 1 saturated heterocycles. The monoisotopic (exact) mass is 438 g/mol. The number of primary amides is 1. The first kappa shape index (κ1) is 21.1. The zero-order valence-corrected chi connectivity index (χ0v) is 17.5. The maximum Gasteiger partial charge on any atom is 0.284 e. The van der Waals surface area contributed by atoms with Crippen molar-refractivity contribution in [1.29, 1.82) is 0 Å². The zero-order valence-electron chi connectivity index (χ0n) is 15.8. The Morgan fingerprint density at radius 2 is 1.83 bits per heavy atom. The van der Waals surface area contributed by atoms with Crippen molar-refractivity contribution in [3.05, 3.63) is 42.2 Å². The van der Waals surface area contributed by atoms with Crippen LogP contribution >= 0.6 is 12.2 Å². The van der Waals surface area contributed by atoms with Gasteiger partial charge in [0, 0.05) is 31.9 Å². The smallest absolute Gasteiger partial charge is 0.284 e. The molecule has 1 aliphatic rings. The van der Waals surface area contributed by atoms with Gasteiger partial charge in [-0.2, -0.15) is 4.31 Å². The summed E-state index contributed by atoms with van der Waals surface area (Å²) < 4.78 is 37.1. The summed E-state index contributed by atoms with van der Waals surface area (Å²) in [5, 5.41) is 3.36. The minimum Gasteiger partial charge on any atom is -0.494 e. The van der Waals surface area contributed by atoms with Crippen LogP contribution in [0.3, 0.4) is 0 Å². The second-order valence-corrected chi connectivity index (χ2v) is 8.52. The highest BCUT2D eigenvalue weighted by molar-refractivity contribution is 7.89. The van der Waals surface area contributed by atoms with Gasteiger partial charge in [-0.15, -0.1) is 0 Å². The normalized spacial score (nSPS) is 15.1. The van der Waals surface area contributed by atoms with E-state index in [0.29, 0.717) is 24.8 Å². The van der Waals surface area contributed by atoms with Gasteiger partial charge in [0.15, 0.2) is 10.9 Å². The third kappa shape index (κ3) is 4.86. The summed E-state index contributed by atoms with van der Waals surface area (Å²) in [6.07, 6.45) is 0. The lowest BCUT2D eigenvalue weighted by Gasteiger charge is -2.35. The van der Waals surface area contributed by atoms with E-state index in [-0.39, 0.29) is 23.9 Å². The Morgan fingerprint density at radius 1 is 1.17 bits per heavy atom. The zero-order chi connectivity index (χ0) is 21.0. The van der Waals surface area contributed by atoms with E-state index >= 15 is 0 Å². The van der Waals surface area contributed by atoms with Crippen molar-refractivity contribution in [3.8, 4) is 5.75 Å². The molecular formula is C18H22N4O5S2. The maximum absolute atomic E-state index is 12.7. The van der Waals surface area contributed by atoms with Crippen molar-refractivity contribution in [2.24, 2.45) is 5.73 Å². The van der Waals surface area contributed by atoms with Crippen LogP contribution < -0.4 is 15.8 Å². The predicted molar refractivity (Wildman–Crippen MR) is 111 cm³/mol. The number of hydrogen-bond donors (Lipinski definition) is 2. The second-order valence-electron chi connectivity index (χ2n) is 6.26. The van der Waals surface area contributed by atoms with Gasteiger partial charge in [0.25, 0.3) is 15.9 Å². The molecule has 2 aromatic rings. The average Bonchev–Trinajstić information content (AvgIpc) is 3.21. The number of anilines is 1. The predicted octanol–water partition coefficient (Wildman–Crippen LogP) is 1.48. The largest absolute Gasteiger partial charge is 0.494 e. The Labute approximate surface area is 174 Å². The van der Waals surface area contributed by atoms with E-state index in [1.54, 1.807) is 0 Å². The summed E-state index contributed by atoms with van der Waals surface area (Å²) >= 11 is 5.44. The first-order valence-electron chi connectivity index (χ1n) is 9.00. The highest BCUT2D eigenvalue weighted by Crippen LogP contribution is 2.21. The Hall–Kier alpha value is -2.63. The fourth-order valence-electron chi connectivity index (χ4n) is 2.85. The molecule has 0 radical (unpaired) electrons. The molecule has 2 heterocycles. The summed E-state index contributed by atoms with van der Waals surface area (Å²) in [4.78, 5) is 13.0. The number of sulfonamides is 1. The van der Waals surface area contributed by atoms with Crippen LogP contribution in [-0.2, 0) is 10.0 Å². The average molecular weight is 439 g/mol. The fraction of sp³-hybridized carbons (Fsp3) is 0.333. The number of carbonyl (C=O) groups is 1. The summed E-state index contributed by atoms with van der Waals surface area (Å²) in [7, 11) is -3.84. The van der Waals surface area contributed by atoms with E-state index in [4.69, 9.17) is 27.1 Å². The van der Waals surface area contributed by atoms with Crippen molar-refractivity contribution in [2.45, 2.75) is 12.0 Å². The van der Waals surface area contributed by atoms with Crippen LogP contribution in [0, 0.1) is 0 Å². The van der Waals surface area contributed by atoms with Gasteiger partial charge in [0.05, 0.1) is 6.61 Å². The van der Waals surface area contributed by atoms with Crippen molar-refractivity contribution >= 4 is 38.9 Å². The molecule has 0 unspecified atom stereocenters. The van der Waals surface area contributed by atoms with Crippen LogP contribution in [0.2, 0.25) is 0 Å². The summed E-state index contributed by atoms with van der Waals surface area (Å²) in [5.41, 5.74) is 5.93. The molecule has 0 atom stereocenters. The van der Waals surface area contributed by atoms with Crippen LogP contribution in [0.1, 0.15) is 17.5 Å². The number of nitrogens with one attached hydrogen (secondary N) is 1. The van der Waals surface area contributed by atoms with E-state index in [9.17, 15) is 13.2 Å². The van der Waals surface area contributed by atoms with Crippen LogP contribution in [0.15, 0.2) is 45.9 Å². The molecule has 11 heteroatoms. The Kier molecular flexibility index (Phi) is 6.40. The van der Waals surface area contributed by atoms with E-state index in [2.05, 4.69) is 5.32 Å². The fourth-order valence-corrected chi connectivity index (χ4v) is 4.49. The van der Waals surface area contributed by atoms with Crippen LogP contribution in [0.4, 0.5) is 5.69 Å². The minimum atomic E-state index is -3.84. The van der Waals surface area contributed by atoms with Crippen molar-refractivity contribution in [3.63, 3.8) is 0 Å². The van der Waals surface area contributed by atoms with Gasteiger partial charge in [0.1, 0.15) is 5.75 Å². The molecule has 1 aromatic carbocycles. The SMILES string of the molecule is CCOc1ccc(NC(=S)N2CCN(S(=O)(=O)c3ccc(C(N)=O)o3)CC2)cc1. The Bertz CT molecular complexity index is 980. The molecule has 0 saturated carbocycles. The van der Waals surface area contributed by atoms with Crippen LogP contribution in [0.5, 0.6) is 5.75 Å². The number of nitrogens with two attached hydrogens (primary N) is 1. The number of amides is 1. The number of piperazine rings is 1. The van der Waals surface area contributed by atoms with Gasteiger partial charge in [-0.05, 0) is 55.5 Å². The van der Waals surface area contributed by atoms with Gasteiger partial charge >= 0.3 is 0 Å². The van der Waals surface area contributed by atoms with E-state index in [1.807, 2.05) is 36.1 Å². The molecular weight excluding hydrogens is 416 g/mol. The van der Waals surface area contributed by atoms with Crippen LogP contribution in [-0.4, -0.2) is 61.4 Å². The number of furan rings is 1. The third-order valence-corrected chi connectivity index (χ3v) is 6.49. The maximum atomic E-state index is 12.7. The quantitative estimate of drug-likeness (QED) is 0.651. The third-order valence-electron chi connectivity index (χ3n) is 4.36. The number of hydrogen-bond acceptors (Lipinski definition) is 6. The molecule has 0 aliphatic carbocycles. The molecule has 1 aliphatic heterocycles. The highest BCUT2D eigenvalue weighted by atomic mass is 32.2. The van der Waals surface area contributed by atoms with Crippen molar-refractivity contribution in [2.75, 3.05) is 38.1 Å². The molecule has 1 fully saturated rings. The van der Waals surface area contributed by atoms with Gasteiger partial charge in [0.2, 0.25) is 5.09 Å². The number of nitrogens with zero attached hydrogens (tertiary/aromatic N) is 2. The van der Waals surface area contributed by atoms with Gasteiger partial charge in [-0.3, -0.25) is 4.79 Å². The lowest BCUT2D eigenvalue weighted by molar-refractivity contribution is 0.0968. The second kappa shape index (κ2) is 8.80. The standard InChI is InChI=1S/C18H22N4O5S2/c1-2-26-14-5-3-13(4-6-14)20-18(28)21-9-11-22(12-10-21)29(24,25)16-8-7-15(27-16)17(19)23/h3-8H,2,9-12H2,1H3,(H2,19,23)(H,20,28). The molecule has 1 amide bonds. The van der Waals surface area contributed by atoms with E-state index in [0.717, 1.165) is 11.4 Å². The molecule has 0 spiro atoms. The number of benzene rings is 1. The lowest BCUT2D eigenvalue weighted by Crippen LogP contribution is -2.51. The first-order chi connectivity index (χ1) is 13.8. The lowest BCUT2D eigenvalue weighted by atomic mass is 10.3. The summed E-state index contributed by atoms with van der Waals surface area (Å²) in [6, 6.07) is 9.92. The number of rotatable bonds is 6. The van der Waals surface area contributed by atoms with Gasteiger partial charge in [-0.1, -0.05) is 0 Å². The molecule has 3 N–H and O–H groups in total. The van der Waals surface area contributed by atoms with Crippen molar-refractivity contribution in [1.82, 2.24) is 9.21 Å². The molecule has 3 rings (SSSR count). The molecule has 156 valence electrons. The number of thiocarbonyl (C=S) groups is 1. The highest BCUT2D eigenvalue weighted by Gasteiger charge is 2.32. The molecule has 29 heavy (non-hydrogen) atoms. The van der Waals surface area contributed by atoms with Gasteiger partial charge in [-0.25, -0.2) is 8.42 Å². The Morgan fingerprint density at radius 3 is 2.38 bits per heavy atom. The summed E-state index contributed by atoms with van der Waals surface area (Å²) in [5.74, 6) is -0.231. The topological polar surface area (TPSA) is 118 Å². The minimum absolute atomic E-state index is 0.192. The molecule has 9 nitrogen and oxygen atoms in total. The number of ether oxygens (including phenoxy) is 1. The van der Waals surface area contributed by atoms with Gasteiger partial charge < -0.3 is 25.1 Å².